The van der Waals surface area contributed by atoms with Gasteiger partial charge < -0.3 is 9.31 Å². The smallest absolute Gasteiger partial charge is 0.403 e. The molecule has 0 unspecified atom stereocenters. The molecule has 0 atom stereocenters. The summed E-state index contributed by atoms with van der Waals surface area (Å²) in [6.07, 6.45) is 3.49. The maximum absolute atomic E-state index is 6.27. The van der Waals surface area contributed by atoms with Crippen LogP contribution in [0.5, 0.6) is 0 Å². The van der Waals surface area contributed by atoms with E-state index in [0.29, 0.717) is 5.41 Å². The highest BCUT2D eigenvalue weighted by Gasteiger charge is 2.76. The molecule has 0 N–H and O–H groups in total. The third kappa shape index (κ3) is 1.74. The molecule has 3 saturated carbocycles. The van der Waals surface area contributed by atoms with Crippen LogP contribution in [0.3, 0.4) is 0 Å². The molecule has 21 heavy (non-hydrogen) atoms. The van der Waals surface area contributed by atoms with Gasteiger partial charge in [0.15, 0.2) is 0 Å². The zero-order valence-corrected chi connectivity index (χ0v) is 14.0. The topological polar surface area (TPSA) is 18.5 Å². The van der Waals surface area contributed by atoms with Crippen LogP contribution < -0.4 is 0 Å². The number of rotatable bonds is 2. The van der Waals surface area contributed by atoms with Gasteiger partial charge in [0.2, 0.25) is 0 Å². The van der Waals surface area contributed by atoms with Crippen LogP contribution >= 0.6 is 11.6 Å². The molecule has 1 aliphatic heterocycles. The van der Waals surface area contributed by atoms with Gasteiger partial charge in [-0.2, -0.15) is 0 Å². The number of hydrogen-bond acceptors (Lipinski definition) is 2. The fourth-order valence-electron chi connectivity index (χ4n) is 4.33. The Balaban J connectivity index is 1.51. The third-order valence-corrected chi connectivity index (χ3v) is 6.50. The van der Waals surface area contributed by atoms with Crippen molar-refractivity contribution < 1.29 is 9.31 Å². The predicted molar refractivity (Wildman–Crippen MR) is 85.8 cm³/mol. The lowest BCUT2D eigenvalue weighted by molar-refractivity contribution is -0.0383. The van der Waals surface area contributed by atoms with E-state index in [-0.39, 0.29) is 23.6 Å². The molecular weight excluding hydrogens is 282 g/mol. The maximum atomic E-state index is 6.27. The van der Waals surface area contributed by atoms with Crippen molar-refractivity contribution in [1.82, 2.24) is 0 Å². The molecule has 3 aliphatic carbocycles. The van der Waals surface area contributed by atoms with Gasteiger partial charge >= 0.3 is 7.12 Å². The van der Waals surface area contributed by atoms with Crippen LogP contribution in [0.4, 0.5) is 0 Å². The fourth-order valence-corrected chi connectivity index (χ4v) is 4.52. The lowest BCUT2D eigenvalue weighted by Crippen LogP contribution is -2.66. The Morgan fingerprint density at radius 3 is 2.10 bits per heavy atom. The Morgan fingerprint density at radius 1 is 1.00 bits per heavy atom. The zero-order chi connectivity index (χ0) is 15.1. The second kappa shape index (κ2) is 3.87. The molecule has 0 radical (unpaired) electrons. The summed E-state index contributed by atoms with van der Waals surface area (Å²) in [6.45, 7) is 8.52. The minimum atomic E-state index is -0.226. The predicted octanol–water partition coefficient (Wildman–Crippen LogP) is 4.61. The molecule has 4 heteroatoms. The van der Waals surface area contributed by atoms with Crippen LogP contribution in [-0.4, -0.2) is 18.3 Å². The molecule has 0 aromatic heterocycles. The van der Waals surface area contributed by atoms with Crippen molar-refractivity contribution in [2.75, 3.05) is 0 Å². The number of halogens is 1. The van der Waals surface area contributed by atoms with Crippen molar-refractivity contribution in [2.45, 2.75) is 68.9 Å². The maximum Gasteiger partial charge on any atom is 0.464 e. The van der Waals surface area contributed by atoms with Gasteiger partial charge in [-0.3, -0.25) is 0 Å². The molecule has 2 nitrogen and oxygen atoms in total. The molecule has 0 amide bonds. The molecule has 0 spiro atoms. The summed E-state index contributed by atoms with van der Waals surface area (Å²) in [5, 5.41) is 1.06. The summed E-state index contributed by atoms with van der Waals surface area (Å²) in [7, 11) is -0.0523. The normalized spacial score (nSPS) is 38.8. The van der Waals surface area contributed by atoms with E-state index < -0.39 is 0 Å². The second-order valence-corrected chi connectivity index (χ2v) is 8.71. The summed E-state index contributed by atoms with van der Waals surface area (Å²) < 4.78 is 12.5. The first-order valence-electron chi connectivity index (χ1n) is 7.80. The summed E-state index contributed by atoms with van der Waals surface area (Å²) in [4.78, 5) is 0. The van der Waals surface area contributed by atoms with E-state index in [1.54, 1.807) is 0 Å². The SMILES string of the molecule is CC1(C)OB(C23CC(c4cccc(Cl)c4)(C2)C3)OC1(C)C. The Kier molecular flexibility index (Phi) is 2.60. The molecule has 1 saturated heterocycles. The van der Waals surface area contributed by atoms with Gasteiger partial charge in [-0.1, -0.05) is 23.7 Å². The minimum Gasteiger partial charge on any atom is -0.403 e. The first kappa shape index (κ1) is 14.1. The summed E-state index contributed by atoms with van der Waals surface area (Å²) in [6, 6.07) is 8.33. The minimum absolute atomic E-state index is 0.0523. The van der Waals surface area contributed by atoms with E-state index in [0.717, 1.165) is 24.3 Å². The Morgan fingerprint density at radius 2 is 1.57 bits per heavy atom. The van der Waals surface area contributed by atoms with Crippen molar-refractivity contribution in [2.24, 2.45) is 0 Å². The first-order valence-corrected chi connectivity index (χ1v) is 8.18. The van der Waals surface area contributed by atoms with E-state index in [4.69, 9.17) is 20.9 Å². The highest BCUT2D eigenvalue weighted by Crippen LogP contribution is 2.80. The van der Waals surface area contributed by atoms with E-state index in [2.05, 4.69) is 45.9 Å². The number of hydrogen-bond donors (Lipinski definition) is 0. The Hall–Kier alpha value is -0.505. The highest BCUT2D eigenvalue weighted by atomic mass is 35.5. The monoisotopic (exact) mass is 304 g/mol. The van der Waals surface area contributed by atoms with E-state index in [9.17, 15) is 0 Å². The van der Waals surface area contributed by atoms with Gasteiger partial charge in [0.05, 0.1) is 11.2 Å². The summed E-state index contributed by atoms with van der Waals surface area (Å²) >= 11 is 6.14. The highest BCUT2D eigenvalue weighted by molar-refractivity contribution is 6.51. The van der Waals surface area contributed by atoms with Crippen molar-refractivity contribution in [3.05, 3.63) is 34.9 Å². The molecular formula is C17H22BClO2. The summed E-state index contributed by atoms with van der Waals surface area (Å²) in [5.41, 5.74) is 1.26. The first-order chi connectivity index (χ1) is 9.68. The van der Waals surface area contributed by atoms with Gasteiger partial charge in [-0.25, -0.2) is 0 Å². The molecule has 5 rings (SSSR count). The molecule has 1 aromatic rings. The van der Waals surface area contributed by atoms with Gasteiger partial charge in [0, 0.05) is 10.3 Å². The molecule has 4 fully saturated rings. The summed E-state index contributed by atoms with van der Waals surface area (Å²) in [5.74, 6) is 0. The van der Waals surface area contributed by atoms with Gasteiger partial charge in [0.25, 0.3) is 0 Å². The van der Waals surface area contributed by atoms with Crippen molar-refractivity contribution in [3.63, 3.8) is 0 Å². The fraction of sp³-hybridized carbons (Fsp3) is 0.647. The van der Waals surface area contributed by atoms with E-state index in [1.807, 2.05) is 6.07 Å². The molecule has 4 aliphatic rings. The van der Waals surface area contributed by atoms with Crippen LogP contribution in [0.15, 0.2) is 24.3 Å². The van der Waals surface area contributed by atoms with Crippen molar-refractivity contribution in [3.8, 4) is 0 Å². The van der Waals surface area contributed by atoms with E-state index in [1.165, 1.54) is 5.56 Å². The van der Waals surface area contributed by atoms with Crippen molar-refractivity contribution >= 4 is 18.7 Å². The van der Waals surface area contributed by atoms with Crippen LogP contribution in [-0.2, 0) is 14.7 Å². The standard InChI is InChI=1S/C17H22BClO2/c1-14(2)15(3,4)21-18(20-14)17-9-16(10-17,11-17)12-6-5-7-13(19)8-12/h5-8H,9-11H2,1-4H3. The van der Waals surface area contributed by atoms with Crippen LogP contribution in [0.1, 0.15) is 52.5 Å². The average Bonchev–Trinajstić information content (AvgIpc) is 2.44. The Bertz CT molecular complexity index is 575. The van der Waals surface area contributed by atoms with Crippen LogP contribution in [0, 0.1) is 0 Å². The van der Waals surface area contributed by atoms with Crippen LogP contribution in [0.2, 0.25) is 10.3 Å². The second-order valence-electron chi connectivity index (χ2n) is 8.27. The Labute approximate surface area is 132 Å². The van der Waals surface area contributed by atoms with Gasteiger partial charge in [-0.15, -0.1) is 0 Å². The largest absolute Gasteiger partial charge is 0.464 e. The lowest BCUT2D eigenvalue weighted by atomic mass is 9.23. The molecule has 112 valence electrons. The zero-order valence-electron chi connectivity index (χ0n) is 13.2. The van der Waals surface area contributed by atoms with Crippen molar-refractivity contribution in [1.29, 1.82) is 0 Å². The average molecular weight is 305 g/mol. The van der Waals surface area contributed by atoms with E-state index >= 15 is 0 Å². The molecule has 1 aromatic carbocycles. The lowest BCUT2D eigenvalue weighted by Gasteiger charge is -2.71. The number of benzene rings is 1. The van der Waals surface area contributed by atoms with Gasteiger partial charge in [-0.05, 0) is 70.1 Å². The van der Waals surface area contributed by atoms with Crippen LogP contribution in [0.25, 0.3) is 0 Å². The quantitative estimate of drug-likeness (QED) is 0.743. The third-order valence-electron chi connectivity index (χ3n) is 6.26. The van der Waals surface area contributed by atoms with Gasteiger partial charge in [0.1, 0.15) is 0 Å². The molecule has 2 bridgehead atoms. The molecule has 1 heterocycles.